The number of benzene rings is 2. The molecule has 2 aromatic rings. The van der Waals surface area contributed by atoms with E-state index in [4.69, 9.17) is 12.2 Å². The van der Waals surface area contributed by atoms with Crippen LogP contribution in [0.1, 0.15) is 16.7 Å². The van der Waals surface area contributed by atoms with Crippen molar-refractivity contribution in [3.63, 3.8) is 0 Å². The molecule has 0 N–H and O–H groups in total. The lowest BCUT2D eigenvalue weighted by Crippen LogP contribution is -1.91. The van der Waals surface area contributed by atoms with E-state index in [9.17, 15) is 4.39 Å². The maximum atomic E-state index is 13.6. The predicted octanol–water partition coefficient (Wildman–Crippen LogP) is 4.57. The van der Waals surface area contributed by atoms with Crippen molar-refractivity contribution in [2.75, 3.05) is 0 Å². The molecule has 2 heteroatoms. The zero-order valence-corrected chi connectivity index (χ0v) is 10.9. The fraction of sp³-hybridized carbons (Fsp3) is 0.0625. The summed E-state index contributed by atoms with van der Waals surface area (Å²) in [5.41, 5.74) is 2.44. The number of thiocarbonyl (C=S) groups is 1. The number of rotatable bonds is 3. The SMILES string of the molecule is Cc1ccc(C=CC(=S)c2ccccc2)c(F)c1. The quantitative estimate of drug-likeness (QED) is 0.440. The molecule has 90 valence electrons. The molecule has 0 saturated heterocycles. The van der Waals surface area contributed by atoms with Gasteiger partial charge in [0.15, 0.2) is 0 Å². The average molecular weight is 256 g/mol. The maximum absolute atomic E-state index is 13.6. The van der Waals surface area contributed by atoms with Gasteiger partial charge in [0.1, 0.15) is 5.82 Å². The first-order chi connectivity index (χ1) is 8.66. The number of allylic oxidation sites excluding steroid dienone is 1. The molecule has 0 heterocycles. The van der Waals surface area contributed by atoms with Crippen LogP contribution < -0.4 is 0 Å². The third kappa shape index (κ3) is 3.11. The zero-order chi connectivity index (χ0) is 13.0. The summed E-state index contributed by atoms with van der Waals surface area (Å²) in [4.78, 5) is 0.704. The van der Waals surface area contributed by atoms with Gasteiger partial charge in [0, 0.05) is 10.4 Å². The first-order valence-electron chi connectivity index (χ1n) is 5.70. The van der Waals surface area contributed by atoms with E-state index in [0.717, 1.165) is 11.1 Å². The Morgan fingerprint density at radius 2 is 1.83 bits per heavy atom. The lowest BCUT2D eigenvalue weighted by Gasteiger charge is -2.00. The van der Waals surface area contributed by atoms with Crippen LogP contribution in [0, 0.1) is 12.7 Å². The van der Waals surface area contributed by atoms with Crippen LogP contribution >= 0.6 is 12.2 Å². The largest absolute Gasteiger partial charge is 0.206 e. The third-order valence-electron chi connectivity index (χ3n) is 2.63. The molecule has 0 atom stereocenters. The van der Waals surface area contributed by atoms with Crippen LogP contribution in [-0.2, 0) is 0 Å². The highest BCUT2D eigenvalue weighted by Crippen LogP contribution is 2.12. The van der Waals surface area contributed by atoms with E-state index in [1.807, 2.05) is 43.3 Å². The van der Waals surface area contributed by atoms with Crippen molar-refractivity contribution in [2.45, 2.75) is 6.92 Å². The highest BCUT2D eigenvalue weighted by atomic mass is 32.1. The normalized spacial score (nSPS) is 10.8. The van der Waals surface area contributed by atoms with Gasteiger partial charge in [-0.3, -0.25) is 0 Å². The molecule has 0 radical (unpaired) electrons. The van der Waals surface area contributed by atoms with E-state index >= 15 is 0 Å². The van der Waals surface area contributed by atoms with Gasteiger partial charge < -0.3 is 0 Å². The Labute approximate surface area is 112 Å². The Bertz CT molecular complexity index is 585. The minimum atomic E-state index is -0.220. The molecule has 0 aromatic heterocycles. The summed E-state index contributed by atoms with van der Waals surface area (Å²) in [6, 6.07) is 14.9. The Kier molecular flexibility index (Phi) is 4.00. The van der Waals surface area contributed by atoms with Crippen LogP contribution in [-0.4, -0.2) is 4.86 Å². The summed E-state index contributed by atoms with van der Waals surface area (Å²) in [7, 11) is 0. The fourth-order valence-corrected chi connectivity index (χ4v) is 1.84. The van der Waals surface area contributed by atoms with Crippen LogP contribution in [0.5, 0.6) is 0 Å². The second-order valence-corrected chi connectivity index (χ2v) is 4.53. The van der Waals surface area contributed by atoms with E-state index in [1.54, 1.807) is 18.2 Å². The Morgan fingerprint density at radius 3 is 2.50 bits per heavy atom. The molecule has 0 nitrogen and oxygen atoms in total. The lowest BCUT2D eigenvalue weighted by atomic mass is 10.1. The van der Waals surface area contributed by atoms with Gasteiger partial charge in [-0.1, -0.05) is 60.8 Å². The highest BCUT2D eigenvalue weighted by molar-refractivity contribution is 7.81. The molecule has 0 bridgehead atoms. The van der Waals surface area contributed by atoms with Gasteiger partial charge in [-0.15, -0.1) is 0 Å². The number of hydrogen-bond donors (Lipinski definition) is 0. The van der Waals surface area contributed by atoms with Crippen LogP contribution in [0.15, 0.2) is 54.6 Å². The smallest absolute Gasteiger partial charge is 0.130 e. The van der Waals surface area contributed by atoms with Crippen molar-refractivity contribution in [2.24, 2.45) is 0 Å². The summed E-state index contributed by atoms with van der Waals surface area (Å²) in [5, 5.41) is 0. The average Bonchev–Trinajstić information content (AvgIpc) is 2.38. The summed E-state index contributed by atoms with van der Waals surface area (Å²) in [6.45, 7) is 1.87. The van der Waals surface area contributed by atoms with Gasteiger partial charge in [0.25, 0.3) is 0 Å². The van der Waals surface area contributed by atoms with Gasteiger partial charge in [-0.2, -0.15) is 0 Å². The lowest BCUT2D eigenvalue weighted by molar-refractivity contribution is 0.624. The Hall–Kier alpha value is -1.80. The molecule has 0 aliphatic heterocycles. The fourth-order valence-electron chi connectivity index (χ4n) is 1.63. The van der Waals surface area contributed by atoms with Crippen molar-refractivity contribution < 1.29 is 4.39 Å². The molecule has 0 amide bonds. The summed E-state index contributed by atoms with van der Waals surface area (Å²) >= 11 is 5.28. The van der Waals surface area contributed by atoms with Gasteiger partial charge >= 0.3 is 0 Å². The molecule has 0 fully saturated rings. The molecule has 18 heavy (non-hydrogen) atoms. The minimum Gasteiger partial charge on any atom is -0.206 e. The molecule has 0 saturated carbocycles. The topological polar surface area (TPSA) is 0 Å². The second kappa shape index (κ2) is 5.69. The van der Waals surface area contributed by atoms with Crippen molar-refractivity contribution >= 4 is 23.2 Å². The van der Waals surface area contributed by atoms with Crippen molar-refractivity contribution in [3.8, 4) is 0 Å². The number of hydrogen-bond acceptors (Lipinski definition) is 1. The molecular formula is C16H13FS. The second-order valence-electron chi connectivity index (χ2n) is 4.09. The van der Waals surface area contributed by atoms with E-state index in [1.165, 1.54) is 6.07 Å². The molecule has 2 aromatic carbocycles. The summed E-state index contributed by atoms with van der Waals surface area (Å²) in [5.74, 6) is -0.220. The van der Waals surface area contributed by atoms with Crippen LogP contribution in [0.4, 0.5) is 4.39 Å². The zero-order valence-electron chi connectivity index (χ0n) is 10.1. The Morgan fingerprint density at radius 1 is 1.11 bits per heavy atom. The highest BCUT2D eigenvalue weighted by Gasteiger charge is 1.99. The van der Waals surface area contributed by atoms with E-state index in [0.29, 0.717) is 10.4 Å². The van der Waals surface area contributed by atoms with Crippen LogP contribution in [0.3, 0.4) is 0 Å². The van der Waals surface area contributed by atoms with Gasteiger partial charge in [-0.05, 0) is 30.2 Å². The van der Waals surface area contributed by atoms with Crippen molar-refractivity contribution in [3.05, 3.63) is 77.1 Å². The molecular weight excluding hydrogens is 243 g/mol. The standard InChI is InChI=1S/C16H13FS/c1-12-7-8-13(15(17)11-12)9-10-16(18)14-5-3-2-4-6-14/h2-11H,1H3. The third-order valence-corrected chi connectivity index (χ3v) is 3.00. The van der Waals surface area contributed by atoms with Crippen molar-refractivity contribution in [1.82, 2.24) is 0 Å². The molecule has 0 aliphatic carbocycles. The maximum Gasteiger partial charge on any atom is 0.130 e. The van der Waals surface area contributed by atoms with E-state index < -0.39 is 0 Å². The van der Waals surface area contributed by atoms with Crippen LogP contribution in [0.25, 0.3) is 6.08 Å². The predicted molar refractivity (Wildman–Crippen MR) is 78.3 cm³/mol. The van der Waals surface area contributed by atoms with E-state index in [-0.39, 0.29) is 5.82 Å². The molecule has 0 unspecified atom stereocenters. The Balaban J connectivity index is 2.19. The summed E-state index contributed by atoms with van der Waals surface area (Å²) < 4.78 is 13.6. The van der Waals surface area contributed by atoms with Crippen molar-refractivity contribution in [1.29, 1.82) is 0 Å². The molecule has 0 aliphatic rings. The van der Waals surface area contributed by atoms with Gasteiger partial charge in [0.2, 0.25) is 0 Å². The molecule has 0 spiro atoms. The van der Waals surface area contributed by atoms with E-state index in [2.05, 4.69) is 0 Å². The first kappa shape index (κ1) is 12.7. The van der Waals surface area contributed by atoms with Crippen LogP contribution in [0.2, 0.25) is 0 Å². The number of halogens is 1. The molecule has 2 rings (SSSR count). The summed E-state index contributed by atoms with van der Waals surface area (Å²) in [6.07, 6.45) is 3.47. The van der Waals surface area contributed by atoms with Gasteiger partial charge in [0.05, 0.1) is 0 Å². The monoisotopic (exact) mass is 256 g/mol. The van der Waals surface area contributed by atoms with Gasteiger partial charge in [-0.25, -0.2) is 4.39 Å². The minimum absolute atomic E-state index is 0.220. The number of aryl methyl sites for hydroxylation is 1. The first-order valence-corrected chi connectivity index (χ1v) is 6.11.